The lowest BCUT2D eigenvalue weighted by atomic mass is 10.1. The van der Waals surface area contributed by atoms with Crippen LogP contribution in [0.15, 0.2) is 21.5 Å². The highest BCUT2D eigenvalue weighted by atomic mass is 79.9. The second-order valence-corrected chi connectivity index (χ2v) is 7.78. The highest BCUT2D eigenvalue weighted by molar-refractivity contribution is 9.10. The minimum Gasteiger partial charge on any atom is -0.490 e. The molecule has 0 N–H and O–H groups in total. The molecule has 0 radical (unpaired) electrons. The Morgan fingerprint density at radius 2 is 2.00 bits per heavy atom. The quantitative estimate of drug-likeness (QED) is 0.500. The van der Waals surface area contributed by atoms with Gasteiger partial charge in [0, 0.05) is 6.54 Å². The summed E-state index contributed by atoms with van der Waals surface area (Å²) >= 11 is 4.51. The largest absolute Gasteiger partial charge is 0.490 e. The van der Waals surface area contributed by atoms with E-state index in [4.69, 9.17) is 9.47 Å². The van der Waals surface area contributed by atoms with E-state index in [1.54, 1.807) is 6.08 Å². The van der Waals surface area contributed by atoms with Gasteiger partial charge < -0.3 is 9.47 Å². The van der Waals surface area contributed by atoms with Crippen molar-refractivity contribution in [3.8, 4) is 11.5 Å². The summed E-state index contributed by atoms with van der Waals surface area (Å²) in [5, 5.41) is -0.219. The number of hydrogen-bond acceptors (Lipinski definition) is 5. The molecule has 2 amide bonds. The average Bonchev–Trinajstić information content (AvgIpc) is 2.86. The number of halogens is 1. The van der Waals surface area contributed by atoms with Crippen molar-refractivity contribution in [2.75, 3.05) is 13.2 Å². The van der Waals surface area contributed by atoms with Gasteiger partial charge in [-0.1, -0.05) is 13.8 Å². The number of thioether (sulfide) groups is 1. The van der Waals surface area contributed by atoms with Crippen molar-refractivity contribution in [2.45, 2.75) is 46.6 Å². The summed E-state index contributed by atoms with van der Waals surface area (Å²) in [5.41, 5.74) is 0.777. The normalized spacial score (nSPS) is 17.1. The van der Waals surface area contributed by atoms with E-state index in [0.717, 1.165) is 34.6 Å². The van der Waals surface area contributed by atoms with Crippen LogP contribution in [-0.2, 0) is 4.79 Å². The molecule has 7 heteroatoms. The molecular formula is C19H24BrNO4S. The molecule has 0 bridgehead atoms. The number of nitrogens with zero attached hydrogens (tertiary/aromatic N) is 1. The van der Waals surface area contributed by atoms with Crippen LogP contribution in [0.25, 0.3) is 6.08 Å². The summed E-state index contributed by atoms with van der Waals surface area (Å²) in [5.74, 6) is 1.02. The number of rotatable bonds is 8. The molecule has 0 saturated carbocycles. The molecule has 0 aliphatic carbocycles. The fourth-order valence-corrected chi connectivity index (χ4v) is 3.82. The second-order valence-electron chi connectivity index (χ2n) is 5.93. The molecule has 1 aliphatic rings. The highest BCUT2D eigenvalue weighted by Gasteiger charge is 2.34. The van der Waals surface area contributed by atoms with Crippen molar-refractivity contribution in [2.24, 2.45) is 0 Å². The molecule has 0 spiro atoms. The van der Waals surface area contributed by atoms with E-state index in [1.807, 2.05) is 32.9 Å². The SMILES string of the molecule is CCCN1C(=O)S/C(=C/c2cc(Br)c(O[C@@H](C)CC)c(OCC)c2)C1=O. The third-order valence-corrected chi connectivity index (χ3v) is 5.34. The van der Waals surface area contributed by atoms with E-state index in [9.17, 15) is 9.59 Å². The molecular weight excluding hydrogens is 418 g/mol. The standard InChI is InChI=1S/C19H24BrNO4S/c1-5-8-21-18(22)16(26-19(21)23)11-13-9-14(20)17(25-12(4)6-2)15(10-13)24-7-3/h9-12H,5-8H2,1-4H3/b16-11+/t12-/m0/s1. The van der Waals surface area contributed by atoms with Crippen LogP contribution in [0.1, 0.15) is 46.1 Å². The summed E-state index contributed by atoms with van der Waals surface area (Å²) in [7, 11) is 0. The van der Waals surface area contributed by atoms with Crippen LogP contribution in [0, 0.1) is 0 Å². The number of carbonyl (C=O) groups excluding carboxylic acids is 2. The van der Waals surface area contributed by atoms with Crippen LogP contribution in [0.2, 0.25) is 0 Å². The smallest absolute Gasteiger partial charge is 0.293 e. The third kappa shape index (κ3) is 4.82. The summed E-state index contributed by atoms with van der Waals surface area (Å²) in [6.07, 6.45) is 3.40. The fraction of sp³-hybridized carbons (Fsp3) is 0.474. The van der Waals surface area contributed by atoms with E-state index in [0.29, 0.717) is 29.6 Å². The Hall–Kier alpha value is -1.47. The van der Waals surface area contributed by atoms with Gasteiger partial charge in [-0.2, -0.15) is 0 Å². The monoisotopic (exact) mass is 441 g/mol. The summed E-state index contributed by atoms with van der Waals surface area (Å²) < 4.78 is 12.4. The zero-order valence-corrected chi connectivity index (χ0v) is 17.9. The number of amides is 2. The molecule has 1 heterocycles. The van der Waals surface area contributed by atoms with Crippen molar-refractivity contribution in [3.63, 3.8) is 0 Å². The first kappa shape index (κ1) is 20.8. The van der Waals surface area contributed by atoms with Gasteiger partial charge in [-0.05, 0) is 78.2 Å². The Bertz CT molecular complexity index is 720. The molecule has 1 aliphatic heterocycles. The first-order chi connectivity index (χ1) is 12.4. The number of imide groups is 1. The first-order valence-electron chi connectivity index (χ1n) is 8.79. The number of hydrogen-bond donors (Lipinski definition) is 0. The number of carbonyl (C=O) groups is 2. The molecule has 0 unspecified atom stereocenters. The molecule has 0 aromatic heterocycles. The predicted molar refractivity (Wildman–Crippen MR) is 109 cm³/mol. The first-order valence-corrected chi connectivity index (χ1v) is 10.4. The van der Waals surface area contributed by atoms with Crippen molar-refractivity contribution in [1.29, 1.82) is 0 Å². The van der Waals surface area contributed by atoms with Crippen LogP contribution in [0.4, 0.5) is 4.79 Å². The van der Waals surface area contributed by atoms with E-state index in [1.165, 1.54) is 4.90 Å². The molecule has 26 heavy (non-hydrogen) atoms. The number of ether oxygens (including phenoxy) is 2. The van der Waals surface area contributed by atoms with Gasteiger partial charge in [-0.3, -0.25) is 14.5 Å². The van der Waals surface area contributed by atoms with Crippen molar-refractivity contribution < 1.29 is 19.1 Å². The highest BCUT2D eigenvalue weighted by Crippen LogP contribution is 2.40. The minimum atomic E-state index is -0.240. The maximum Gasteiger partial charge on any atom is 0.293 e. The minimum absolute atomic E-state index is 0.0573. The van der Waals surface area contributed by atoms with E-state index in [2.05, 4.69) is 22.9 Å². The molecule has 1 fully saturated rings. The van der Waals surface area contributed by atoms with Gasteiger partial charge in [0.2, 0.25) is 0 Å². The summed E-state index contributed by atoms with van der Waals surface area (Å²) in [6.45, 7) is 8.84. The third-order valence-electron chi connectivity index (χ3n) is 3.84. The Kier molecular flexibility index (Phi) is 7.58. The van der Waals surface area contributed by atoms with Crippen LogP contribution in [-0.4, -0.2) is 35.3 Å². The summed E-state index contributed by atoms with van der Waals surface area (Å²) in [4.78, 5) is 26.1. The maximum atomic E-state index is 12.4. The summed E-state index contributed by atoms with van der Waals surface area (Å²) in [6, 6.07) is 3.70. The Balaban J connectivity index is 2.36. The average molecular weight is 442 g/mol. The van der Waals surface area contributed by atoms with Gasteiger partial charge in [-0.25, -0.2) is 0 Å². The lowest BCUT2D eigenvalue weighted by Gasteiger charge is -2.18. The predicted octanol–water partition coefficient (Wildman–Crippen LogP) is 5.47. The van der Waals surface area contributed by atoms with E-state index in [-0.39, 0.29) is 17.3 Å². The van der Waals surface area contributed by atoms with Gasteiger partial charge in [0.05, 0.1) is 22.1 Å². The molecule has 142 valence electrons. The van der Waals surface area contributed by atoms with Crippen LogP contribution < -0.4 is 9.47 Å². The topological polar surface area (TPSA) is 55.8 Å². The van der Waals surface area contributed by atoms with Gasteiger partial charge in [0.15, 0.2) is 11.5 Å². The number of benzene rings is 1. The molecule has 1 saturated heterocycles. The van der Waals surface area contributed by atoms with E-state index >= 15 is 0 Å². The van der Waals surface area contributed by atoms with Crippen molar-refractivity contribution in [1.82, 2.24) is 4.90 Å². The fourth-order valence-electron chi connectivity index (χ4n) is 2.40. The van der Waals surface area contributed by atoms with Crippen molar-refractivity contribution >= 4 is 44.9 Å². The van der Waals surface area contributed by atoms with Crippen LogP contribution >= 0.6 is 27.7 Å². The van der Waals surface area contributed by atoms with Gasteiger partial charge in [-0.15, -0.1) is 0 Å². The molecule has 1 aromatic carbocycles. The van der Waals surface area contributed by atoms with Crippen LogP contribution in [0.3, 0.4) is 0 Å². The Morgan fingerprint density at radius 3 is 2.62 bits per heavy atom. The zero-order chi connectivity index (χ0) is 19.3. The Labute approximate surface area is 167 Å². The molecule has 1 atom stereocenters. The maximum absolute atomic E-state index is 12.4. The Morgan fingerprint density at radius 1 is 1.27 bits per heavy atom. The molecule has 1 aromatic rings. The second kappa shape index (κ2) is 9.46. The molecule has 5 nitrogen and oxygen atoms in total. The lowest BCUT2D eigenvalue weighted by molar-refractivity contribution is -0.122. The lowest BCUT2D eigenvalue weighted by Crippen LogP contribution is -2.28. The van der Waals surface area contributed by atoms with Gasteiger partial charge in [0.1, 0.15) is 0 Å². The molecule has 2 rings (SSSR count). The van der Waals surface area contributed by atoms with Gasteiger partial charge >= 0.3 is 0 Å². The van der Waals surface area contributed by atoms with Crippen molar-refractivity contribution in [3.05, 3.63) is 27.1 Å². The van der Waals surface area contributed by atoms with E-state index < -0.39 is 0 Å². The van der Waals surface area contributed by atoms with Crippen LogP contribution in [0.5, 0.6) is 11.5 Å². The zero-order valence-electron chi connectivity index (χ0n) is 15.5. The van der Waals surface area contributed by atoms with Gasteiger partial charge in [0.25, 0.3) is 11.1 Å².